The Morgan fingerprint density at radius 3 is 0.225 bits per heavy atom. The van der Waals surface area contributed by atoms with Crippen molar-refractivity contribution in [2.75, 3.05) is 73.9 Å². The van der Waals surface area contributed by atoms with Crippen LogP contribution in [0.1, 0.15) is 545 Å². The van der Waals surface area contributed by atoms with Gasteiger partial charge in [0.15, 0.2) is 0 Å². The molecule has 0 unspecified atom stereocenters. The van der Waals surface area contributed by atoms with E-state index in [9.17, 15) is 0 Å². The Labute approximate surface area is 676 Å². The summed E-state index contributed by atoms with van der Waals surface area (Å²) in [6.45, 7) is 28.1. The zero-order chi connectivity index (χ0) is 75.7. The normalized spacial score (nSPS) is 13.3. The molecule has 0 bridgehead atoms. The average Bonchev–Trinajstić information content (AvgIpc) is 0.807. The zero-order valence-corrected chi connectivity index (χ0v) is 81.3. The van der Waals surface area contributed by atoms with Crippen molar-refractivity contribution in [3.63, 3.8) is 0 Å². The quantitative estimate of drug-likeness (QED) is 0.0421. The minimum absolute atomic E-state index is 1.37. The van der Waals surface area contributed by atoms with Crippen molar-refractivity contribution in [1.29, 1.82) is 0 Å². The molecule has 0 radical (unpaired) electrons. The van der Waals surface area contributed by atoms with E-state index in [-0.39, 0.29) is 0 Å². The number of hydrogen-bond donors (Lipinski definition) is 0. The molecule has 0 aliphatic carbocycles. The van der Waals surface area contributed by atoms with E-state index in [4.69, 9.17) is 46.5 Å². The van der Waals surface area contributed by atoms with Gasteiger partial charge in [-0.15, -0.1) is 0 Å². The van der Waals surface area contributed by atoms with E-state index < -0.39 is 15.9 Å². The standard InChI is InChI=1S/3C32H68BrP/c3*1-5-9-13-17-21-25-29-34(33,30-26-22-18-14-10-6-2,31-27-23-19-15-11-7-3)32-28-24-20-16-12-8-4/h3*5-32H2,1-4H3. The predicted molar refractivity (Wildman–Crippen MR) is 506 cm³/mol. The van der Waals surface area contributed by atoms with Crippen LogP contribution in [0.25, 0.3) is 0 Å². The first kappa shape index (κ1) is 109. The van der Waals surface area contributed by atoms with Crippen molar-refractivity contribution in [2.45, 2.75) is 545 Å². The Hall–Kier alpha value is 2.73. The van der Waals surface area contributed by atoms with Gasteiger partial charge in [-0.05, 0) is 0 Å². The van der Waals surface area contributed by atoms with Crippen molar-refractivity contribution >= 4 is 62.4 Å². The molecule has 0 N–H and O–H groups in total. The Balaban J connectivity index is -0.00000144. The van der Waals surface area contributed by atoms with Gasteiger partial charge in [0.2, 0.25) is 0 Å². The summed E-state index contributed by atoms with van der Waals surface area (Å²) in [4.78, 5) is 0. The van der Waals surface area contributed by atoms with Gasteiger partial charge in [-0.2, -0.15) is 0 Å². The Kier molecular flexibility index (Phi) is 85.8. The number of halogens is 3. The monoisotopic (exact) mass is 1690 g/mol. The second kappa shape index (κ2) is 80.3. The van der Waals surface area contributed by atoms with E-state index in [1.165, 1.54) is 462 Å². The molecule has 0 aliphatic heterocycles. The van der Waals surface area contributed by atoms with Gasteiger partial charge in [0, 0.05) is 0 Å². The molecule has 0 aromatic heterocycles. The van der Waals surface area contributed by atoms with Crippen LogP contribution in [0, 0.1) is 0 Å². The first-order chi connectivity index (χ1) is 49.6. The third-order valence-electron chi connectivity index (χ3n) is 24.8. The summed E-state index contributed by atoms with van der Waals surface area (Å²) < 4.78 is 0. The maximum absolute atomic E-state index is 4.76. The molecular formula is C96H204Br3P3. The third-order valence-corrected chi connectivity index (χ3v) is 54.8. The molecular weight excluding hydrogens is 1490 g/mol. The fourth-order valence-electron chi connectivity index (χ4n) is 17.5. The van der Waals surface area contributed by atoms with Crippen molar-refractivity contribution in [3.05, 3.63) is 0 Å². The molecule has 0 atom stereocenters. The van der Waals surface area contributed by atoms with Crippen molar-refractivity contribution in [2.24, 2.45) is 0 Å². The van der Waals surface area contributed by atoms with Gasteiger partial charge < -0.3 is 0 Å². The number of rotatable bonds is 84. The van der Waals surface area contributed by atoms with E-state index in [0.29, 0.717) is 0 Å². The molecule has 0 spiro atoms. The molecule has 624 valence electrons. The van der Waals surface area contributed by atoms with Gasteiger partial charge in [0.05, 0.1) is 0 Å². The minimum atomic E-state index is -1.75. The summed E-state index contributed by atoms with van der Waals surface area (Å²) in [6.07, 6.45) is 123. The molecule has 0 nitrogen and oxygen atoms in total. The van der Waals surface area contributed by atoms with Gasteiger partial charge >= 0.3 is 682 Å². The second-order valence-corrected chi connectivity index (χ2v) is 69.7. The van der Waals surface area contributed by atoms with Crippen LogP contribution in [0.3, 0.4) is 0 Å². The first-order valence-corrected chi connectivity index (χ1v) is 63.8. The van der Waals surface area contributed by atoms with E-state index in [2.05, 4.69) is 83.1 Å². The SMILES string of the molecule is CCCCCCCCP(Br)(CCCCCCCC)(CCCCCCCC)CCCCCCCC.CCCCCCCCP(Br)(CCCCCCCC)(CCCCCCCC)CCCCCCCC.CCCCCCCCP(Br)(CCCCCCCC)(CCCCCCCC)CCCCCCCC. The Morgan fingerprint density at radius 2 is 0.157 bits per heavy atom. The summed E-state index contributed by atoms with van der Waals surface area (Å²) in [5, 5.41) is -5.26. The molecule has 6 heteroatoms. The molecule has 0 rings (SSSR count). The van der Waals surface area contributed by atoms with Crippen LogP contribution >= 0.6 is 62.4 Å². The molecule has 102 heavy (non-hydrogen) atoms. The summed E-state index contributed by atoms with van der Waals surface area (Å²) in [5.41, 5.74) is 0. The zero-order valence-electron chi connectivity index (χ0n) is 73.9. The molecule has 0 aliphatic rings. The average molecular weight is 1690 g/mol. The topological polar surface area (TPSA) is 0 Å². The van der Waals surface area contributed by atoms with Crippen LogP contribution in [0.2, 0.25) is 0 Å². The molecule has 0 saturated carbocycles. The van der Waals surface area contributed by atoms with E-state index >= 15 is 0 Å². The van der Waals surface area contributed by atoms with Crippen LogP contribution in [0.5, 0.6) is 0 Å². The second-order valence-electron chi connectivity index (χ2n) is 35.4. The van der Waals surface area contributed by atoms with Crippen molar-refractivity contribution in [3.8, 4) is 0 Å². The molecule has 0 amide bonds. The van der Waals surface area contributed by atoms with E-state index in [1.54, 1.807) is 73.9 Å². The first-order valence-electron chi connectivity index (χ1n) is 48.8. The van der Waals surface area contributed by atoms with Crippen LogP contribution in [0.4, 0.5) is 0 Å². The van der Waals surface area contributed by atoms with E-state index in [0.717, 1.165) is 0 Å². The number of unbranched alkanes of at least 4 members (excludes halogenated alkanes) is 60. The molecule has 0 saturated heterocycles. The van der Waals surface area contributed by atoms with Gasteiger partial charge in [-0.1, -0.05) is 0 Å². The van der Waals surface area contributed by atoms with Crippen LogP contribution < -0.4 is 0 Å². The van der Waals surface area contributed by atoms with Gasteiger partial charge in [0.1, 0.15) is 0 Å². The van der Waals surface area contributed by atoms with Gasteiger partial charge in [-0.3, -0.25) is 0 Å². The van der Waals surface area contributed by atoms with Crippen LogP contribution in [0.15, 0.2) is 0 Å². The molecule has 0 aromatic carbocycles. The number of hydrogen-bond acceptors (Lipinski definition) is 0. The van der Waals surface area contributed by atoms with Gasteiger partial charge in [-0.25, -0.2) is 0 Å². The predicted octanol–water partition coefficient (Wildman–Crippen LogP) is 39.9. The molecule has 0 aromatic rings. The summed E-state index contributed by atoms with van der Waals surface area (Å²) >= 11 is 14.3. The summed E-state index contributed by atoms with van der Waals surface area (Å²) in [7, 11) is 0. The van der Waals surface area contributed by atoms with Crippen LogP contribution in [-0.2, 0) is 0 Å². The van der Waals surface area contributed by atoms with E-state index in [1.807, 2.05) is 0 Å². The van der Waals surface area contributed by atoms with Crippen molar-refractivity contribution < 1.29 is 0 Å². The Morgan fingerprint density at radius 1 is 0.0980 bits per heavy atom. The van der Waals surface area contributed by atoms with Crippen LogP contribution in [-0.4, -0.2) is 73.9 Å². The van der Waals surface area contributed by atoms with Gasteiger partial charge in [0.25, 0.3) is 0 Å². The van der Waals surface area contributed by atoms with Crippen molar-refractivity contribution in [1.82, 2.24) is 0 Å². The summed E-state index contributed by atoms with van der Waals surface area (Å²) in [6, 6.07) is 0. The third kappa shape index (κ3) is 70.6. The molecule has 0 heterocycles. The fraction of sp³-hybridized carbons (Fsp3) is 1.00. The Bertz CT molecular complexity index is 1180. The molecule has 0 fully saturated rings. The maximum atomic E-state index is 4.76. The summed E-state index contributed by atoms with van der Waals surface area (Å²) in [5.74, 6) is 0. The fourth-order valence-corrected chi connectivity index (χ4v) is 42.7.